The van der Waals surface area contributed by atoms with Gasteiger partial charge in [0.1, 0.15) is 0 Å². The van der Waals surface area contributed by atoms with Crippen LogP contribution >= 0.6 is 23.2 Å². The molecule has 1 aliphatic heterocycles. The third-order valence-electron chi connectivity index (χ3n) is 5.11. The quantitative estimate of drug-likeness (QED) is 0.650. The van der Waals surface area contributed by atoms with E-state index in [-0.39, 0.29) is 11.9 Å². The SMILES string of the molecule is CN(C)CCCNC(=O)Nc1cccc(C2CN(C)Cc3c(Cl)cc(Cl)cc32)c1. The maximum Gasteiger partial charge on any atom is 0.319 e. The van der Waals surface area contributed by atoms with E-state index < -0.39 is 0 Å². The van der Waals surface area contributed by atoms with E-state index >= 15 is 0 Å². The number of benzene rings is 2. The Bertz CT molecular complexity index is 872. The zero-order valence-corrected chi connectivity index (χ0v) is 18.6. The Hall–Kier alpha value is -1.79. The first kappa shape index (κ1) is 21.9. The number of anilines is 1. The Balaban J connectivity index is 1.74. The Kier molecular flexibility index (Phi) is 7.41. The van der Waals surface area contributed by atoms with Crippen LogP contribution in [0.3, 0.4) is 0 Å². The van der Waals surface area contributed by atoms with Gasteiger partial charge < -0.3 is 20.4 Å². The summed E-state index contributed by atoms with van der Waals surface area (Å²) in [7, 11) is 6.13. The standard InChI is InChI=1S/C22H28Cl2N4O/c1-27(2)9-5-8-25-22(29)26-17-7-4-6-15(10-17)19-13-28(3)14-20-18(19)11-16(23)12-21(20)24/h4,6-7,10-12,19H,5,8-9,13-14H2,1-3H3,(H2,25,26,29). The van der Waals surface area contributed by atoms with Crippen LogP contribution < -0.4 is 10.6 Å². The van der Waals surface area contributed by atoms with Gasteiger partial charge in [-0.15, -0.1) is 0 Å². The average molecular weight is 435 g/mol. The zero-order chi connectivity index (χ0) is 21.0. The summed E-state index contributed by atoms with van der Waals surface area (Å²) in [4.78, 5) is 16.6. The fraction of sp³-hybridized carbons (Fsp3) is 0.409. The van der Waals surface area contributed by atoms with Crippen molar-refractivity contribution < 1.29 is 4.79 Å². The molecule has 2 aromatic rings. The number of amides is 2. The van der Waals surface area contributed by atoms with Crippen molar-refractivity contribution in [3.05, 3.63) is 63.1 Å². The lowest BCUT2D eigenvalue weighted by atomic mass is 9.84. The Morgan fingerprint density at radius 3 is 2.79 bits per heavy atom. The van der Waals surface area contributed by atoms with Gasteiger partial charge >= 0.3 is 6.03 Å². The first-order valence-corrected chi connectivity index (χ1v) is 10.5. The lowest BCUT2D eigenvalue weighted by molar-refractivity contribution is 0.251. The monoisotopic (exact) mass is 434 g/mol. The van der Waals surface area contributed by atoms with Gasteiger partial charge in [0, 0.05) is 41.3 Å². The van der Waals surface area contributed by atoms with Gasteiger partial charge in [-0.05, 0) is 75.1 Å². The fourth-order valence-electron chi connectivity index (χ4n) is 3.74. The van der Waals surface area contributed by atoms with Gasteiger partial charge in [-0.2, -0.15) is 0 Å². The molecule has 1 atom stereocenters. The number of nitrogens with zero attached hydrogens (tertiary/aromatic N) is 2. The van der Waals surface area contributed by atoms with E-state index in [2.05, 4.69) is 33.5 Å². The lowest BCUT2D eigenvalue weighted by Crippen LogP contribution is -2.32. The number of nitrogens with one attached hydrogen (secondary N) is 2. The molecule has 0 bridgehead atoms. The van der Waals surface area contributed by atoms with Gasteiger partial charge in [-0.25, -0.2) is 4.79 Å². The van der Waals surface area contributed by atoms with Crippen molar-refractivity contribution in [2.24, 2.45) is 0 Å². The third kappa shape index (κ3) is 5.86. The van der Waals surface area contributed by atoms with Gasteiger partial charge in [0.25, 0.3) is 0 Å². The highest BCUT2D eigenvalue weighted by molar-refractivity contribution is 6.35. The predicted octanol–water partition coefficient (Wildman–Crippen LogP) is 4.64. The van der Waals surface area contributed by atoms with Gasteiger partial charge in [0.2, 0.25) is 0 Å². The van der Waals surface area contributed by atoms with Crippen LogP contribution in [0, 0.1) is 0 Å². The molecule has 0 fully saturated rings. The number of carbonyl (C=O) groups is 1. The number of carbonyl (C=O) groups excluding carboxylic acids is 1. The summed E-state index contributed by atoms with van der Waals surface area (Å²) in [5.74, 6) is 0.143. The molecule has 2 amide bonds. The fourth-order valence-corrected chi connectivity index (χ4v) is 4.31. The van der Waals surface area contributed by atoms with E-state index in [1.807, 2.05) is 38.4 Å². The summed E-state index contributed by atoms with van der Waals surface area (Å²) in [6.07, 6.45) is 0.910. The molecule has 1 heterocycles. The highest BCUT2D eigenvalue weighted by Crippen LogP contribution is 2.38. The molecule has 0 saturated carbocycles. The second-order valence-corrected chi connectivity index (χ2v) is 8.71. The molecule has 0 spiro atoms. The summed E-state index contributed by atoms with van der Waals surface area (Å²) in [5.41, 5.74) is 4.18. The summed E-state index contributed by atoms with van der Waals surface area (Å²) < 4.78 is 0. The Labute approximate surface area is 183 Å². The molecule has 2 N–H and O–H groups in total. The minimum atomic E-state index is -0.187. The number of fused-ring (bicyclic) bond motifs is 1. The molecule has 3 rings (SSSR count). The molecule has 0 aliphatic carbocycles. The summed E-state index contributed by atoms with van der Waals surface area (Å²) in [5, 5.41) is 7.19. The minimum absolute atomic E-state index is 0.143. The first-order chi connectivity index (χ1) is 13.8. The molecule has 2 aromatic carbocycles. The molecule has 0 radical (unpaired) electrons. The zero-order valence-electron chi connectivity index (χ0n) is 17.1. The highest BCUT2D eigenvalue weighted by Gasteiger charge is 2.27. The molecule has 5 nitrogen and oxygen atoms in total. The molecule has 0 saturated heterocycles. The van der Waals surface area contributed by atoms with E-state index in [0.29, 0.717) is 16.6 Å². The van der Waals surface area contributed by atoms with Gasteiger partial charge in [-0.1, -0.05) is 35.3 Å². The maximum atomic E-state index is 12.2. The van der Waals surface area contributed by atoms with Gasteiger partial charge in [-0.3, -0.25) is 0 Å². The molecular weight excluding hydrogens is 407 g/mol. The maximum absolute atomic E-state index is 12.2. The largest absolute Gasteiger partial charge is 0.338 e. The minimum Gasteiger partial charge on any atom is -0.338 e. The second kappa shape index (κ2) is 9.81. The normalized spacial score (nSPS) is 16.6. The third-order valence-corrected chi connectivity index (χ3v) is 5.66. The van der Waals surface area contributed by atoms with Gasteiger partial charge in [0.15, 0.2) is 0 Å². The number of likely N-dealkylation sites (N-methyl/N-ethyl adjacent to an activating group) is 1. The van der Waals surface area contributed by atoms with Crippen LogP contribution in [0.15, 0.2) is 36.4 Å². The van der Waals surface area contributed by atoms with E-state index in [9.17, 15) is 4.79 Å². The van der Waals surface area contributed by atoms with Crippen molar-refractivity contribution in [3.8, 4) is 0 Å². The number of hydrogen-bond donors (Lipinski definition) is 2. The van der Waals surface area contributed by atoms with Crippen LogP contribution in [0.25, 0.3) is 0 Å². The molecule has 7 heteroatoms. The molecular formula is C22H28Cl2N4O. The summed E-state index contributed by atoms with van der Waals surface area (Å²) >= 11 is 12.8. The van der Waals surface area contributed by atoms with Crippen LogP contribution in [0.4, 0.5) is 10.5 Å². The molecule has 0 aromatic heterocycles. The van der Waals surface area contributed by atoms with E-state index in [0.717, 1.165) is 48.4 Å². The summed E-state index contributed by atoms with van der Waals surface area (Å²) in [6, 6.07) is 11.6. The van der Waals surface area contributed by atoms with Gasteiger partial charge in [0.05, 0.1) is 0 Å². The van der Waals surface area contributed by atoms with Crippen LogP contribution in [-0.4, -0.2) is 56.6 Å². The second-order valence-electron chi connectivity index (χ2n) is 7.87. The lowest BCUT2D eigenvalue weighted by Gasteiger charge is -2.33. The van der Waals surface area contributed by atoms with E-state index in [1.165, 1.54) is 0 Å². The average Bonchev–Trinajstić information content (AvgIpc) is 2.65. The van der Waals surface area contributed by atoms with E-state index in [1.54, 1.807) is 6.07 Å². The molecule has 156 valence electrons. The van der Waals surface area contributed by atoms with Crippen molar-refractivity contribution >= 4 is 34.9 Å². The van der Waals surface area contributed by atoms with Crippen molar-refractivity contribution in [2.75, 3.05) is 46.1 Å². The predicted molar refractivity (Wildman–Crippen MR) is 121 cm³/mol. The topological polar surface area (TPSA) is 47.6 Å². The molecule has 1 unspecified atom stereocenters. The highest BCUT2D eigenvalue weighted by atomic mass is 35.5. The first-order valence-electron chi connectivity index (χ1n) is 9.79. The smallest absolute Gasteiger partial charge is 0.319 e. The molecule has 1 aliphatic rings. The Morgan fingerprint density at radius 2 is 2.03 bits per heavy atom. The number of rotatable bonds is 6. The van der Waals surface area contributed by atoms with Crippen LogP contribution in [0.2, 0.25) is 10.0 Å². The van der Waals surface area contributed by atoms with Crippen LogP contribution in [-0.2, 0) is 6.54 Å². The number of halogens is 2. The van der Waals surface area contributed by atoms with Crippen molar-refractivity contribution in [3.63, 3.8) is 0 Å². The molecule has 29 heavy (non-hydrogen) atoms. The van der Waals surface area contributed by atoms with Crippen molar-refractivity contribution in [1.82, 2.24) is 15.1 Å². The summed E-state index contributed by atoms with van der Waals surface area (Å²) in [6.45, 7) is 3.25. The van der Waals surface area contributed by atoms with Crippen molar-refractivity contribution in [1.29, 1.82) is 0 Å². The van der Waals surface area contributed by atoms with Crippen LogP contribution in [0.1, 0.15) is 29.0 Å². The van der Waals surface area contributed by atoms with Crippen LogP contribution in [0.5, 0.6) is 0 Å². The van der Waals surface area contributed by atoms with E-state index in [4.69, 9.17) is 23.2 Å². The van der Waals surface area contributed by atoms with Crippen molar-refractivity contribution in [2.45, 2.75) is 18.9 Å². The number of urea groups is 1. The Morgan fingerprint density at radius 1 is 1.24 bits per heavy atom. The number of hydrogen-bond acceptors (Lipinski definition) is 3.